The second-order valence-corrected chi connectivity index (χ2v) is 7.82. The van der Waals surface area contributed by atoms with E-state index in [0.29, 0.717) is 38.9 Å². The fraction of sp³-hybridized carbons (Fsp3) is 0.667. The van der Waals surface area contributed by atoms with Gasteiger partial charge >= 0.3 is 0 Å². The van der Waals surface area contributed by atoms with Crippen LogP contribution in [0.3, 0.4) is 0 Å². The highest BCUT2D eigenvalue weighted by molar-refractivity contribution is 7.88. The number of rotatable bonds is 8. The summed E-state index contributed by atoms with van der Waals surface area (Å²) in [5.74, 6) is -0.601. The predicted molar refractivity (Wildman–Crippen MR) is 91.9 cm³/mol. The number of sulfonamides is 1. The van der Waals surface area contributed by atoms with Gasteiger partial charge in [0, 0.05) is 25.2 Å². The molecule has 24 heavy (non-hydrogen) atoms. The lowest BCUT2D eigenvalue weighted by atomic mass is 9.73. The molecule has 0 amide bonds. The number of hydrogen-bond donors (Lipinski definition) is 2. The van der Waals surface area contributed by atoms with Crippen molar-refractivity contribution in [2.45, 2.75) is 32.6 Å². The van der Waals surface area contributed by atoms with Crippen molar-refractivity contribution in [2.75, 3.05) is 26.0 Å². The van der Waals surface area contributed by atoms with Crippen LogP contribution in [-0.4, -0.2) is 61.7 Å². The van der Waals surface area contributed by atoms with Gasteiger partial charge in [0.2, 0.25) is 15.9 Å². The zero-order valence-electron chi connectivity index (χ0n) is 14.1. The van der Waals surface area contributed by atoms with Crippen molar-refractivity contribution in [1.29, 1.82) is 5.41 Å². The Bertz CT molecular complexity index is 621. The third-order valence-electron chi connectivity index (χ3n) is 4.17. The van der Waals surface area contributed by atoms with E-state index in [9.17, 15) is 13.2 Å². The van der Waals surface area contributed by atoms with E-state index in [1.165, 1.54) is 6.92 Å². The largest absolute Gasteiger partial charge is 0.494 e. The van der Waals surface area contributed by atoms with Gasteiger partial charge in [-0.15, -0.1) is 0 Å². The Hall–Kier alpha value is -1.74. The average molecular weight is 359 g/mol. The summed E-state index contributed by atoms with van der Waals surface area (Å²) < 4.78 is 30.2. The molecule has 0 aromatic rings. The lowest BCUT2D eigenvalue weighted by molar-refractivity contribution is -0.127. The molecule has 8 nitrogen and oxygen atoms in total. The van der Waals surface area contributed by atoms with Crippen LogP contribution in [0, 0.1) is 10.8 Å². The van der Waals surface area contributed by atoms with Gasteiger partial charge in [0.25, 0.3) is 0 Å². The van der Waals surface area contributed by atoms with Crippen molar-refractivity contribution in [2.24, 2.45) is 10.4 Å². The Morgan fingerprint density at radius 3 is 2.50 bits per heavy atom. The van der Waals surface area contributed by atoms with Crippen LogP contribution < -0.4 is 0 Å². The van der Waals surface area contributed by atoms with E-state index in [4.69, 9.17) is 15.3 Å². The van der Waals surface area contributed by atoms with E-state index in [1.807, 2.05) is 0 Å². The molecular weight excluding hydrogens is 334 g/mol. The molecule has 1 heterocycles. The van der Waals surface area contributed by atoms with Gasteiger partial charge in [-0.1, -0.05) is 0 Å². The van der Waals surface area contributed by atoms with Crippen LogP contribution >= 0.6 is 0 Å². The van der Waals surface area contributed by atoms with Gasteiger partial charge in [0.05, 0.1) is 12.5 Å². The maximum absolute atomic E-state index is 12.1. The topological polar surface area (TPSA) is 120 Å². The van der Waals surface area contributed by atoms with Gasteiger partial charge in [-0.25, -0.2) is 13.4 Å². The first-order valence-corrected chi connectivity index (χ1v) is 9.51. The smallest absolute Gasteiger partial charge is 0.233 e. The van der Waals surface area contributed by atoms with Crippen LogP contribution in [0.25, 0.3) is 0 Å². The van der Waals surface area contributed by atoms with Crippen molar-refractivity contribution in [3.8, 4) is 0 Å². The minimum atomic E-state index is -3.56. The van der Waals surface area contributed by atoms with Crippen molar-refractivity contribution in [1.82, 2.24) is 4.31 Å². The van der Waals surface area contributed by atoms with E-state index in [1.54, 1.807) is 0 Å². The maximum atomic E-state index is 12.1. The lowest BCUT2D eigenvalue weighted by Crippen LogP contribution is -2.40. The molecule has 1 aliphatic heterocycles. The summed E-state index contributed by atoms with van der Waals surface area (Å²) in [6, 6.07) is 0. The molecule has 136 valence electrons. The fourth-order valence-electron chi connectivity index (χ4n) is 2.91. The van der Waals surface area contributed by atoms with Crippen molar-refractivity contribution in [3.63, 3.8) is 0 Å². The molecule has 0 spiro atoms. The number of nitrogens with one attached hydrogen (secondary N) is 1. The molecule has 1 fully saturated rings. The Morgan fingerprint density at radius 2 is 2.04 bits per heavy atom. The van der Waals surface area contributed by atoms with Gasteiger partial charge in [-0.3, -0.25) is 9.10 Å². The SMILES string of the molecule is C=C(O)N=C(C)N(CCCC1(C(=O)C=N)CCOCC1)S(C)(=O)=O. The molecule has 0 unspecified atom stereocenters. The number of aliphatic hydroxyl groups excluding tert-OH is 1. The molecular formula is C15H25N3O5S. The van der Waals surface area contributed by atoms with Gasteiger partial charge in [-0.05, 0) is 39.2 Å². The molecule has 1 saturated heterocycles. The number of Topliss-reactive ketones (excluding diaryl/α,β-unsaturated/α-hetero) is 1. The number of aliphatic imine (C=N–C) groups is 1. The summed E-state index contributed by atoms with van der Waals surface area (Å²) in [6.07, 6.45) is 3.84. The Morgan fingerprint density at radius 1 is 1.46 bits per heavy atom. The Balaban J connectivity index is 2.84. The van der Waals surface area contributed by atoms with Gasteiger partial charge in [0.1, 0.15) is 5.84 Å². The van der Waals surface area contributed by atoms with E-state index in [0.717, 1.165) is 16.8 Å². The summed E-state index contributed by atoms with van der Waals surface area (Å²) in [5.41, 5.74) is -0.658. The van der Waals surface area contributed by atoms with E-state index in [-0.39, 0.29) is 18.2 Å². The minimum absolute atomic E-state index is 0.115. The second kappa shape index (κ2) is 8.39. The number of ketones is 1. The maximum Gasteiger partial charge on any atom is 0.233 e. The molecule has 0 aromatic heterocycles. The summed E-state index contributed by atoms with van der Waals surface area (Å²) in [7, 11) is -3.56. The fourth-order valence-corrected chi connectivity index (χ4v) is 3.89. The van der Waals surface area contributed by atoms with Crippen molar-refractivity contribution >= 4 is 27.9 Å². The number of ether oxygens (including phenoxy) is 1. The molecule has 0 saturated carbocycles. The standard InChI is InChI=1S/C15H25N3O5S/c1-12(17-13(2)19)18(24(3,21)22)8-4-5-15(14(20)11-16)6-9-23-10-7-15/h11,16,19H,2,4-10H2,1,3H3. The highest BCUT2D eigenvalue weighted by Crippen LogP contribution is 2.36. The Labute approximate surface area is 142 Å². The molecule has 1 rings (SSSR count). The molecule has 0 aliphatic carbocycles. The number of carbonyl (C=O) groups excluding carboxylic acids is 1. The van der Waals surface area contributed by atoms with Gasteiger partial charge in [0.15, 0.2) is 5.78 Å². The minimum Gasteiger partial charge on any atom is -0.494 e. The predicted octanol–water partition coefficient (Wildman–Crippen LogP) is 1.49. The van der Waals surface area contributed by atoms with Gasteiger partial charge < -0.3 is 15.3 Å². The van der Waals surface area contributed by atoms with E-state index < -0.39 is 21.3 Å². The number of hydrogen-bond acceptors (Lipinski definition) is 7. The lowest BCUT2D eigenvalue weighted by Gasteiger charge is -2.35. The van der Waals surface area contributed by atoms with E-state index in [2.05, 4.69) is 11.6 Å². The highest BCUT2D eigenvalue weighted by Gasteiger charge is 2.38. The van der Waals surface area contributed by atoms with Crippen LogP contribution in [0.5, 0.6) is 0 Å². The van der Waals surface area contributed by atoms with Crippen LogP contribution in [0.15, 0.2) is 17.5 Å². The molecule has 2 N–H and O–H groups in total. The van der Waals surface area contributed by atoms with Crippen LogP contribution in [0.2, 0.25) is 0 Å². The van der Waals surface area contributed by atoms with Crippen LogP contribution in [0.4, 0.5) is 0 Å². The second-order valence-electron chi connectivity index (χ2n) is 5.92. The van der Waals surface area contributed by atoms with Crippen LogP contribution in [-0.2, 0) is 19.6 Å². The number of carbonyl (C=O) groups is 1. The van der Waals surface area contributed by atoms with Crippen molar-refractivity contribution in [3.05, 3.63) is 12.5 Å². The molecule has 0 atom stereocenters. The summed E-state index contributed by atoms with van der Waals surface area (Å²) in [5, 5.41) is 16.4. The normalized spacial score (nSPS) is 18.0. The Kier molecular flexibility index (Phi) is 7.09. The molecule has 1 aliphatic rings. The first kappa shape index (κ1) is 20.3. The number of amidine groups is 1. The van der Waals surface area contributed by atoms with Crippen LogP contribution in [0.1, 0.15) is 32.6 Å². The first-order valence-electron chi connectivity index (χ1n) is 7.66. The molecule has 0 aromatic carbocycles. The molecule has 0 bridgehead atoms. The summed E-state index contributed by atoms with van der Waals surface area (Å²) in [4.78, 5) is 15.8. The zero-order chi connectivity index (χ0) is 18.4. The monoisotopic (exact) mass is 359 g/mol. The molecule has 0 radical (unpaired) electrons. The quantitative estimate of drug-likeness (QED) is 0.386. The third-order valence-corrected chi connectivity index (χ3v) is 5.42. The number of aliphatic hydroxyl groups is 1. The average Bonchev–Trinajstić information content (AvgIpc) is 2.49. The van der Waals surface area contributed by atoms with Crippen molar-refractivity contribution < 1.29 is 23.1 Å². The number of nitrogens with zero attached hydrogens (tertiary/aromatic N) is 2. The summed E-state index contributed by atoms with van der Waals surface area (Å²) >= 11 is 0. The zero-order valence-corrected chi connectivity index (χ0v) is 14.9. The molecule has 9 heteroatoms. The highest BCUT2D eigenvalue weighted by atomic mass is 32.2. The van der Waals surface area contributed by atoms with Gasteiger partial charge in [-0.2, -0.15) is 0 Å². The first-order chi connectivity index (χ1) is 11.1. The third kappa shape index (κ3) is 5.41. The van der Waals surface area contributed by atoms with E-state index >= 15 is 0 Å². The summed E-state index contributed by atoms with van der Waals surface area (Å²) in [6.45, 7) is 5.74.